The van der Waals surface area contributed by atoms with Gasteiger partial charge in [-0.05, 0) is 0 Å². The van der Waals surface area contributed by atoms with Crippen LogP contribution in [0.3, 0.4) is 0 Å². The summed E-state index contributed by atoms with van der Waals surface area (Å²) in [5.74, 6) is -2.27. The van der Waals surface area contributed by atoms with Gasteiger partial charge in [-0.2, -0.15) is 0 Å². The normalized spacial score (nSPS) is 12.6. The van der Waals surface area contributed by atoms with Gasteiger partial charge in [-0.3, -0.25) is 9.59 Å². The molecule has 76 valence electrons. The van der Waals surface area contributed by atoms with E-state index in [-0.39, 0.29) is 0 Å². The van der Waals surface area contributed by atoms with Crippen molar-refractivity contribution < 1.29 is 28.6 Å². The second kappa shape index (κ2) is 5.41. The number of carbonyl (C=O) groups excluding carboxylic acids is 1. The maximum Gasteiger partial charge on any atom is 0.312 e. The van der Waals surface area contributed by atoms with Crippen molar-refractivity contribution in [3.05, 3.63) is 0 Å². The minimum atomic E-state index is -2.95. The SMILES string of the molecule is O=C(O)CC(=O)NCC(O)C(F)F. The number of aliphatic hydroxyl groups is 1. The summed E-state index contributed by atoms with van der Waals surface area (Å²) in [6.45, 7) is -0.649. The van der Waals surface area contributed by atoms with Gasteiger partial charge in [0.05, 0.1) is 0 Å². The predicted molar refractivity (Wildman–Crippen MR) is 37.3 cm³/mol. The molecule has 0 bridgehead atoms. The van der Waals surface area contributed by atoms with E-state index in [1.54, 1.807) is 0 Å². The van der Waals surface area contributed by atoms with Crippen LogP contribution in [-0.4, -0.2) is 41.2 Å². The highest BCUT2D eigenvalue weighted by molar-refractivity contribution is 5.93. The number of carbonyl (C=O) groups is 2. The second-order valence-corrected chi connectivity index (χ2v) is 2.28. The Bertz CT molecular complexity index is 197. The molecule has 0 aliphatic heterocycles. The highest BCUT2D eigenvalue weighted by Crippen LogP contribution is 1.98. The number of halogens is 2. The minimum Gasteiger partial charge on any atom is -0.481 e. The van der Waals surface area contributed by atoms with E-state index < -0.39 is 37.4 Å². The Hall–Kier alpha value is -1.24. The lowest BCUT2D eigenvalue weighted by Gasteiger charge is -2.09. The first-order chi connectivity index (χ1) is 5.93. The smallest absolute Gasteiger partial charge is 0.312 e. The zero-order valence-corrected chi connectivity index (χ0v) is 6.54. The average molecular weight is 197 g/mol. The Morgan fingerprint density at radius 3 is 2.31 bits per heavy atom. The van der Waals surface area contributed by atoms with Crippen molar-refractivity contribution in [3.8, 4) is 0 Å². The summed E-state index contributed by atoms with van der Waals surface area (Å²) >= 11 is 0. The molecule has 0 heterocycles. The standard InChI is InChI=1S/C6H9F2NO4/c7-6(8)3(10)2-9-4(11)1-5(12)13/h3,6,10H,1-2H2,(H,9,11)(H,12,13). The van der Waals surface area contributed by atoms with Crippen molar-refractivity contribution in [2.24, 2.45) is 0 Å². The predicted octanol–water partition coefficient (Wildman–Crippen LogP) is -0.797. The molecule has 0 aliphatic carbocycles. The van der Waals surface area contributed by atoms with Crippen molar-refractivity contribution >= 4 is 11.9 Å². The molecule has 7 heteroatoms. The summed E-state index contributed by atoms with van der Waals surface area (Å²) in [6, 6.07) is 0. The van der Waals surface area contributed by atoms with Crippen LogP contribution in [-0.2, 0) is 9.59 Å². The Labute approximate surface area is 72.4 Å². The number of hydrogen-bond donors (Lipinski definition) is 3. The van der Waals surface area contributed by atoms with Crippen LogP contribution in [0.15, 0.2) is 0 Å². The van der Waals surface area contributed by atoms with Crippen molar-refractivity contribution in [3.63, 3.8) is 0 Å². The lowest BCUT2D eigenvalue weighted by molar-refractivity contribution is -0.140. The third-order valence-corrected chi connectivity index (χ3v) is 1.11. The monoisotopic (exact) mass is 197 g/mol. The van der Waals surface area contributed by atoms with Crippen LogP contribution < -0.4 is 5.32 Å². The zero-order chi connectivity index (χ0) is 10.4. The molecule has 0 saturated heterocycles. The Morgan fingerprint density at radius 2 is 1.92 bits per heavy atom. The number of rotatable bonds is 5. The van der Waals surface area contributed by atoms with Gasteiger partial charge in [-0.1, -0.05) is 0 Å². The van der Waals surface area contributed by atoms with E-state index in [0.29, 0.717) is 0 Å². The molecule has 0 aromatic carbocycles. The molecule has 0 aromatic heterocycles. The number of nitrogens with one attached hydrogen (secondary N) is 1. The van der Waals surface area contributed by atoms with Crippen LogP contribution in [0, 0.1) is 0 Å². The highest BCUT2D eigenvalue weighted by Gasteiger charge is 2.17. The van der Waals surface area contributed by atoms with Gasteiger partial charge in [0.15, 0.2) is 0 Å². The van der Waals surface area contributed by atoms with Gasteiger partial charge in [0, 0.05) is 6.54 Å². The molecule has 0 saturated carbocycles. The van der Waals surface area contributed by atoms with Crippen molar-refractivity contribution in [1.82, 2.24) is 5.32 Å². The van der Waals surface area contributed by atoms with Gasteiger partial charge in [0.25, 0.3) is 6.43 Å². The summed E-state index contributed by atoms with van der Waals surface area (Å²) in [4.78, 5) is 20.4. The molecule has 0 aliphatic rings. The van der Waals surface area contributed by atoms with Crippen LogP contribution in [0.5, 0.6) is 0 Å². The van der Waals surface area contributed by atoms with Crippen LogP contribution in [0.1, 0.15) is 6.42 Å². The quantitative estimate of drug-likeness (QED) is 0.504. The number of aliphatic hydroxyl groups excluding tert-OH is 1. The molecule has 0 radical (unpaired) electrons. The van der Waals surface area contributed by atoms with Gasteiger partial charge in [-0.25, -0.2) is 8.78 Å². The number of alkyl halides is 2. The van der Waals surface area contributed by atoms with Gasteiger partial charge in [0.1, 0.15) is 12.5 Å². The van der Waals surface area contributed by atoms with Crippen LogP contribution >= 0.6 is 0 Å². The van der Waals surface area contributed by atoms with E-state index in [0.717, 1.165) is 0 Å². The third-order valence-electron chi connectivity index (χ3n) is 1.11. The van der Waals surface area contributed by atoms with Gasteiger partial charge >= 0.3 is 5.97 Å². The number of aliphatic carboxylic acids is 1. The summed E-state index contributed by atoms with van der Waals surface area (Å²) in [6.07, 6.45) is -5.71. The zero-order valence-electron chi connectivity index (χ0n) is 6.54. The first-order valence-corrected chi connectivity index (χ1v) is 3.38. The average Bonchev–Trinajstić information content (AvgIpc) is 1.98. The molecule has 5 nitrogen and oxygen atoms in total. The highest BCUT2D eigenvalue weighted by atomic mass is 19.3. The molecule has 13 heavy (non-hydrogen) atoms. The number of amides is 1. The van der Waals surface area contributed by atoms with Crippen LogP contribution in [0.2, 0.25) is 0 Å². The van der Waals surface area contributed by atoms with E-state index in [4.69, 9.17) is 10.2 Å². The maximum absolute atomic E-state index is 11.6. The molecule has 0 fully saturated rings. The molecule has 0 aromatic rings. The molecule has 1 unspecified atom stereocenters. The Morgan fingerprint density at radius 1 is 1.38 bits per heavy atom. The summed E-state index contributed by atoms with van der Waals surface area (Å²) in [5, 5.41) is 18.4. The summed E-state index contributed by atoms with van der Waals surface area (Å²) in [7, 11) is 0. The largest absolute Gasteiger partial charge is 0.481 e. The van der Waals surface area contributed by atoms with E-state index in [1.165, 1.54) is 0 Å². The topological polar surface area (TPSA) is 86.6 Å². The molecule has 3 N–H and O–H groups in total. The minimum absolute atomic E-state index is 0.649. The molecular formula is C6H9F2NO4. The summed E-state index contributed by atoms with van der Waals surface area (Å²) in [5.41, 5.74) is 0. The van der Waals surface area contributed by atoms with E-state index in [2.05, 4.69) is 0 Å². The second-order valence-electron chi connectivity index (χ2n) is 2.28. The molecule has 1 atom stereocenters. The first kappa shape index (κ1) is 11.8. The lowest BCUT2D eigenvalue weighted by Crippen LogP contribution is -2.36. The van der Waals surface area contributed by atoms with Crippen molar-refractivity contribution in [2.45, 2.75) is 19.0 Å². The lowest BCUT2D eigenvalue weighted by atomic mass is 10.3. The summed E-state index contributed by atoms with van der Waals surface area (Å²) < 4.78 is 23.2. The first-order valence-electron chi connectivity index (χ1n) is 3.38. The van der Waals surface area contributed by atoms with Crippen LogP contribution in [0.25, 0.3) is 0 Å². The third kappa shape index (κ3) is 5.97. The van der Waals surface area contributed by atoms with Crippen molar-refractivity contribution in [1.29, 1.82) is 0 Å². The Balaban J connectivity index is 3.64. The van der Waals surface area contributed by atoms with Gasteiger partial charge < -0.3 is 15.5 Å². The molecule has 0 rings (SSSR count). The molecular weight excluding hydrogens is 188 g/mol. The fourth-order valence-electron chi connectivity index (χ4n) is 0.507. The van der Waals surface area contributed by atoms with Crippen molar-refractivity contribution in [2.75, 3.05) is 6.54 Å². The number of carboxylic acid groups (broad SMARTS) is 1. The number of carboxylic acids is 1. The number of hydrogen-bond acceptors (Lipinski definition) is 3. The van der Waals surface area contributed by atoms with Crippen LogP contribution in [0.4, 0.5) is 8.78 Å². The van der Waals surface area contributed by atoms with Gasteiger partial charge in [0.2, 0.25) is 5.91 Å². The molecule has 1 amide bonds. The Kier molecular flexibility index (Phi) is 4.90. The van der Waals surface area contributed by atoms with E-state index >= 15 is 0 Å². The fraction of sp³-hybridized carbons (Fsp3) is 0.667. The van der Waals surface area contributed by atoms with E-state index in [1.807, 2.05) is 5.32 Å². The fourth-order valence-corrected chi connectivity index (χ4v) is 0.507. The maximum atomic E-state index is 11.6. The molecule has 0 spiro atoms. The van der Waals surface area contributed by atoms with Gasteiger partial charge in [-0.15, -0.1) is 0 Å². The van der Waals surface area contributed by atoms with E-state index in [9.17, 15) is 18.4 Å².